The van der Waals surface area contributed by atoms with E-state index in [1.807, 2.05) is 36.7 Å². The lowest BCUT2D eigenvalue weighted by atomic mass is 9.91. The smallest absolute Gasteiger partial charge is 0.221 e. The Bertz CT molecular complexity index is 910. The molecular formula is C23H27N3O. The van der Waals surface area contributed by atoms with E-state index >= 15 is 0 Å². The number of hydrogen-bond acceptors (Lipinski definition) is 2. The van der Waals surface area contributed by atoms with Gasteiger partial charge in [-0.1, -0.05) is 55.7 Å². The molecule has 1 aliphatic rings. The van der Waals surface area contributed by atoms with Crippen molar-refractivity contribution in [3.8, 4) is 0 Å². The molecule has 0 bridgehead atoms. The average Bonchev–Trinajstić information content (AvgIpc) is 3.13. The fraction of sp³-hybridized carbons (Fsp3) is 0.391. The van der Waals surface area contributed by atoms with Crippen molar-refractivity contribution in [2.75, 3.05) is 0 Å². The summed E-state index contributed by atoms with van der Waals surface area (Å²) in [6.07, 6.45) is 10.4. The van der Waals surface area contributed by atoms with Gasteiger partial charge in [0.1, 0.15) is 5.65 Å². The number of rotatable bonds is 5. The predicted molar refractivity (Wildman–Crippen MR) is 108 cm³/mol. The van der Waals surface area contributed by atoms with Crippen LogP contribution in [0.5, 0.6) is 0 Å². The van der Waals surface area contributed by atoms with Crippen molar-refractivity contribution in [2.24, 2.45) is 0 Å². The zero-order valence-electron chi connectivity index (χ0n) is 15.9. The van der Waals surface area contributed by atoms with Crippen LogP contribution in [0.25, 0.3) is 5.65 Å². The van der Waals surface area contributed by atoms with Gasteiger partial charge in [0, 0.05) is 30.8 Å². The number of aromatic nitrogens is 2. The van der Waals surface area contributed by atoms with Crippen LogP contribution in [-0.2, 0) is 4.79 Å². The van der Waals surface area contributed by atoms with E-state index in [2.05, 4.69) is 39.8 Å². The van der Waals surface area contributed by atoms with Crippen molar-refractivity contribution in [1.29, 1.82) is 0 Å². The number of carbonyl (C=O) groups is 1. The second kappa shape index (κ2) is 7.95. The second-order valence-corrected chi connectivity index (χ2v) is 7.64. The molecule has 0 radical (unpaired) electrons. The fourth-order valence-corrected chi connectivity index (χ4v) is 4.23. The number of carbonyl (C=O) groups excluding carboxylic acids is 1. The topological polar surface area (TPSA) is 46.4 Å². The molecule has 4 heteroatoms. The van der Waals surface area contributed by atoms with E-state index in [1.54, 1.807) is 0 Å². The largest absolute Gasteiger partial charge is 0.353 e. The molecule has 27 heavy (non-hydrogen) atoms. The minimum Gasteiger partial charge on any atom is -0.353 e. The quantitative estimate of drug-likeness (QED) is 0.721. The Balaban J connectivity index is 1.63. The molecule has 1 amide bonds. The molecule has 1 unspecified atom stereocenters. The monoisotopic (exact) mass is 361 g/mol. The molecule has 1 aromatic carbocycles. The number of hydrogen-bond donors (Lipinski definition) is 1. The van der Waals surface area contributed by atoms with Gasteiger partial charge in [0.05, 0.1) is 5.69 Å². The summed E-state index contributed by atoms with van der Waals surface area (Å²) in [5, 5.41) is 3.27. The maximum absolute atomic E-state index is 12.9. The first-order valence-electron chi connectivity index (χ1n) is 9.99. The molecular weight excluding hydrogens is 334 g/mol. The van der Waals surface area contributed by atoms with Crippen LogP contribution >= 0.6 is 0 Å². The van der Waals surface area contributed by atoms with E-state index in [1.165, 1.54) is 19.3 Å². The summed E-state index contributed by atoms with van der Waals surface area (Å²) in [6.45, 7) is 2.07. The third kappa shape index (κ3) is 3.90. The molecule has 0 spiro atoms. The van der Waals surface area contributed by atoms with Crippen molar-refractivity contribution in [3.05, 3.63) is 71.7 Å². The van der Waals surface area contributed by atoms with Crippen LogP contribution in [0.3, 0.4) is 0 Å². The molecule has 1 atom stereocenters. The van der Waals surface area contributed by atoms with Crippen molar-refractivity contribution < 1.29 is 4.79 Å². The van der Waals surface area contributed by atoms with E-state index in [9.17, 15) is 4.79 Å². The van der Waals surface area contributed by atoms with Crippen LogP contribution in [0.4, 0.5) is 0 Å². The van der Waals surface area contributed by atoms with Crippen LogP contribution in [0.1, 0.15) is 61.3 Å². The van der Waals surface area contributed by atoms with E-state index in [-0.39, 0.29) is 11.8 Å². The van der Waals surface area contributed by atoms with Gasteiger partial charge in [0.2, 0.25) is 5.91 Å². The first-order valence-corrected chi connectivity index (χ1v) is 9.99. The number of imidazole rings is 1. The van der Waals surface area contributed by atoms with Crippen molar-refractivity contribution in [1.82, 2.24) is 14.7 Å². The Morgan fingerprint density at radius 2 is 1.93 bits per heavy atom. The number of amides is 1. The third-order valence-electron chi connectivity index (χ3n) is 5.68. The second-order valence-electron chi connectivity index (χ2n) is 7.64. The molecule has 1 saturated carbocycles. The Morgan fingerprint density at radius 3 is 2.70 bits per heavy atom. The molecule has 140 valence electrons. The molecule has 3 aromatic rings. The van der Waals surface area contributed by atoms with E-state index in [0.29, 0.717) is 12.5 Å². The minimum atomic E-state index is -0.00779. The number of pyridine rings is 1. The molecule has 0 aliphatic heterocycles. The van der Waals surface area contributed by atoms with Crippen LogP contribution in [0.15, 0.2) is 54.9 Å². The Morgan fingerprint density at radius 1 is 1.15 bits per heavy atom. The number of fused-ring (bicyclic) bond motifs is 1. The highest BCUT2D eigenvalue weighted by atomic mass is 16.1. The minimum absolute atomic E-state index is 0.00779. The summed E-state index contributed by atoms with van der Waals surface area (Å²) in [4.78, 5) is 17.5. The van der Waals surface area contributed by atoms with Crippen molar-refractivity contribution in [2.45, 2.75) is 57.4 Å². The molecule has 2 heterocycles. The normalized spacial score (nSPS) is 16.3. The van der Waals surface area contributed by atoms with Gasteiger partial charge in [-0.15, -0.1) is 0 Å². The van der Waals surface area contributed by atoms with Gasteiger partial charge in [-0.25, -0.2) is 4.98 Å². The summed E-state index contributed by atoms with van der Waals surface area (Å²) >= 11 is 0. The van der Waals surface area contributed by atoms with E-state index in [4.69, 9.17) is 0 Å². The summed E-state index contributed by atoms with van der Waals surface area (Å²) < 4.78 is 2.13. The SMILES string of the molecule is Cc1cccn2c(C(CC(=O)NC3CCCCC3)c3ccccc3)cnc12. The molecule has 4 nitrogen and oxygen atoms in total. The maximum atomic E-state index is 12.9. The first-order chi connectivity index (χ1) is 13.2. The number of nitrogens with zero attached hydrogens (tertiary/aromatic N) is 2. The Kier molecular flexibility index (Phi) is 5.23. The molecule has 0 saturated heterocycles. The predicted octanol–water partition coefficient (Wildman–Crippen LogP) is 4.61. The standard InChI is InChI=1S/C23H27N3O/c1-17-9-8-14-26-21(16-24-23(17)26)20(18-10-4-2-5-11-18)15-22(27)25-19-12-6-3-7-13-19/h2,4-5,8-11,14,16,19-20H,3,6-7,12-13,15H2,1H3,(H,25,27). The van der Waals surface area contributed by atoms with Gasteiger partial charge in [-0.05, 0) is 37.0 Å². The van der Waals surface area contributed by atoms with Crippen molar-refractivity contribution in [3.63, 3.8) is 0 Å². The van der Waals surface area contributed by atoms with Gasteiger partial charge in [-0.3, -0.25) is 4.79 Å². The van der Waals surface area contributed by atoms with Crippen LogP contribution < -0.4 is 5.32 Å². The van der Waals surface area contributed by atoms with Crippen LogP contribution in [-0.4, -0.2) is 21.3 Å². The van der Waals surface area contributed by atoms with Gasteiger partial charge in [-0.2, -0.15) is 0 Å². The van der Waals surface area contributed by atoms with Gasteiger partial charge in [0.15, 0.2) is 0 Å². The summed E-state index contributed by atoms with van der Waals surface area (Å²) in [6, 6.07) is 14.7. The zero-order chi connectivity index (χ0) is 18.6. The Labute approximate surface area is 160 Å². The molecule has 1 aliphatic carbocycles. The number of benzene rings is 1. The Hall–Kier alpha value is -2.62. The van der Waals surface area contributed by atoms with Gasteiger partial charge < -0.3 is 9.72 Å². The number of aryl methyl sites for hydroxylation is 1. The molecule has 4 rings (SSSR count). The highest BCUT2D eigenvalue weighted by molar-refractivity contribution is 5.78. The van der Waals surface area contributed by atoms with Gasteiger partial charge >= 0.3 is 0 Å². The highest BCUT2D eigenvalue weighted by Crippen LogP contribution is 2.29. The molecule has 1 fully saturated rings. The third-order valence-corrected chi connectivity index (χ3v) is 5.68. The van der Waals surface area contributed by atoms with Gasteiger partial charge in [0.25, 0.3) is 0 Å². The lowest BCUT2D eigenvalue weighted by Crippen LogP contribution is -2.37. The summed E-state index contributed by atoms with van der Waals surface area (Å²) in [5.74, 6) is 0.130. The lowest BCUT2D eigenvalue weighted by Gasteiger charge is -2.24. The van der Waals surface area contributed by atoms with Crippen molar-refractivity contribution >= 4 is 11.6 Å². The summed E-state index contributed by atoms with van der Waals surface area (Å²) in [5.41, 5.74) is 4.32. The molecule has 1 N–H and O–H groups in total. The number of nitrogens with one attached hydrogen (secondary N) is 1. The zero-order valence-corrected chi connectivity index (χ0v) is 15.9. The first kappa shape index (κ1) is 17.8. The molecule has 2 aromatic heterocycles. The highest BCUT2D eigenvalue weighted by Gasteiger charge is 2.24. The van der Waals surface area contributed by atoms with E-state index < -0.39 is 0 Å². The summed E-state index contributed by atoms with van der Waals surface area (Å²) in [7, 11) is 0. The average molecular weight is 361 g/mol. The van der Waals surface area contributed by atoms with Crippen LogP contribution in [0, 0.1) is 6.92 Å². The maximum Gasteiger partial charge on any atom is 0.221 e. The van der Waals surface area contributed by atoms with E-state index in [0.717, 1.165) is 35.3 Å². The lowest BCUT2D eigenvalue weighted by molar-refractivity contribution is -0.122. The fourth-order valence-electron chi connectivity index (χ4n) is 4.23. The van der Waals surface area contributed by atoms with Crippen LogP contribution in [0.2, 0.25) is 0 Å².